The Hall–Kier alpha value is -2.51. The van der Waals surface area contributed by atoms with E-state index < -0.39 is 0 Å². The lowest BCUT2D eigenvalue weighted by Gasteiger charge is -2.26. The van der Waals surface area contributed by atoms with Gasteiger partial charge in [-0.1, -0.05) is 56.5 Å². The molecule has 0 aliphatic carbocycles. The summed E-state index contributed by atoms with van der Waals surface area (Å²) in [6, 6.07) is 11.8. The standard InChI is InChI=1S/C23H27ClN4O2S/c1-5-12-29-21-20(24)13-17(14-26-21)23(2,3)16-6-8-19(9-7-16)30-15-18-10-11-25-22(27-18)28-31-4/h6-11,13-14H,5,12,15H2,1-4H3,(H,25,27,28). The van der Waals surface area contributed by atoms with Crippen LogP contribution in [0.1, 0.15) is 44.0 Å². The minimum Gasteiger partial charge on any atom is -0.487 e. The first-order valence-electron chi connectivity index (χ1n) is 10.1. The predicted octanol–water partition coefficient (Wildman–Crippen LogP) is 5.91. The summed E-state index contributed by atoms with van der Waals surface area (Å²) in [5.74, 6) is 1.83. The molecule has 2 aromatic heterocycles. The third-order valence-electron chi connectivity index (χ3n) is 4.84. The number of nitrogens with one attached hydrogen (secondary N) is 1. The van der Waals surface area contributed by atoms with Crippen LogP contribution in [-0.4, -0.2) is 27.8 Å². The van der Waals surface area contributed by atoms with Gasteiger partial charge in [0.25, 0.3) is 0 Å². The molecule has 0 saturated carbocycles. The largest absolute Gasteiger partial charge is 0.487 e. The zero-order valence-electron chi connectivity index (χ0n) is 18.2. The molecule has 0 fully saturated rings. The van der Waals surface area contributed by atoms with Crippen LogP contribution >= 0.6 is 23.5 Å². The molecule has 1 N–H and O–H groups in total. The fourth-order valence-electron chi connectivity index (χ4n) is 2.98. The van der Waals surface area contributed by atoms with Crippen molar-refractivity contribution in [1.82, 2.24) is 15.0 Å². The highest BCUT2D eigenvalue weighted by atomic mass is 35.5. The molecule has 164 valence electrons. The van der Waals surface area contributed by atoms with Crippen LogP contribution in [0.5, 0.6) is 11.6 Å². The Morgan fingerprint density at radius 1 is 1.06 bits per heavy atom. The summed E-state index contributed by atoms with van der Waals surface area (Å²) in [6.07, 6.45) is 6.38. The number of anilines is 1. The van der Waals surface area contributed by atoms with Gasteiger partial charge in [0.1, 0.15) is 17.4 Å². The maximum atomic E-state index is 6.39. The molecule has 3 rings (SSSR count). The monoisotopic (exact) mass is 458 g/mol. The maximum Gasteiger partial charge on any atom is 0.233 e. The lowest BCUT2D eigenvalue weighted by molar-refractivity contribution is 0.301. The second kappa shape index (κ2) is 10.7. The van der Waals surface area contributed by atoms with Gasteiger partial charge in [-0.25, -0.2) is 15.0 Å². The van der Waals surface area contributed by atoms with Crippen LogP contribution in [0.2, 0.25) is 5.02 Å². The highest BCUT2D eigenvalue weighted by molar-refractivity contribution is 7.99. The molecule has 6 nitrogen and oxygen atoms in total. The lowest BCUT2D eigenvalue weighted by Crippen LogP contribution is -2.19. The van der Waals surface area contributed by atoms with Crippen molar-refractivity contribution in [2.75, 3.05) is 17.6 Å². The highest BCUT2D eigenvalue weighted by Gasteiger charge is 2.25. The van der Waals surface area contributed by atoms with Crippen molar-refractivity contribution in [3.8, 4) is 11.6 Å². The van der Waals surface area contributed by atoms with E-state index in [4.69, 9.17) is 21.1 Å². The van der Waals surface area contributed by atoms with Gasteiger partial charge in [0, 0.05) is 24.1 Å². The zero-order valence-corrected chi connectivity index (χ0v) is 19.8. The van der Waals surface area contributed by atoms with E-state index in [9.17, 15) is 0 Å². The summed E-state index contributed by atoms with van der Waals surface area (Å²) in [5.41, 5.74) is 2.68. The minimum absolute atomic E-state index is 0.274. The second-order valence-corrected chi connectivity index (χ2v) is 8.49. The van der Waals surface area contributed by atoms with E-state index in [-0.39, 0.29) is 5.41 Å². The molecule has 31 heavy (non-hydrogen) atoms. The average molecular weight is 459 g/mol. The van der Waals surface area contributed by atoms with Crippen molar-refractivity contribution >= 4 is 29.5 Å². The van der Waals surface area contributed by atoms with Gasteiger partial charge in [0.05, 0.1) is 12.3 Å². The molecule has 0 spiro atoms. The first-order valence-corrected chi connectivity index (χ1v) is 11.7. The summed E-state index contributed by atoms with van der Waals surface area (Å²) in [6.45, 7) is 7.30. The van der Waals surface area contributed by atoms with E-state index in [1.54, 1.807) is 6.20 Å². The maximum absolute atomic E-state index is 6.39. The highest BCUT2D eigenvalue weighted by Crippen LogP contribution is 2.35. The van der Waals surface area contributed by atoms with Crippen molar-refractivity contribution < 1.29 is 9.47 Å². The Morgan fingerprint density at radius 3 is 2.52 bits per heavy atom. The number of rotatable bonds is 10. The van der Waals surface area contributed by atoms with E-state index in [0.29, 0.717) is 30.1 Å². The summed E-state index contributed by atoms with van der Waals surface area (Å²) in [7, 11) is 0. The summed E-state index contributed by atoms with van der Waals surface area (Å²) < 4.78 is 14.5. The summed E-state index contributed by atoms with van der Waals surface area (Å²) in [5, 5.41) is 0.527. The molecular formula is C23H27ClN4O2S. The molecule has 0 amide bonds. The molecule has 2 heterocycles. The average Bonchev–Trinajstić information content (AvgIpc) is 2.77. The third-order valence-corrected chi connectivity index (χ3v) is 5.50. The fourth-order valence-corrected chi connectivity index (χ4v) is 3.48. The number of aromatic nitrogens is 3. The van der Waals surface area contributed by atoms with Crippen LogP contribution in [0.15, 0.2) is 48.8 Å². The number of nitrogens with zero attached hydrogens (tertiary/aromatic N) is 3. The molecule has 0 unspecified atom stereocenters. The van der Waals surface area contributed by atoms with Gasteiger partial charge in [0.15, 0.2) is 0 Å². The van der Waals surface area contributed by atoms with Gasteiger partial charge in [0.2, 0.25) is 11.8 Å². The van der Waals surface area contributed by atoms with Crippen LogP contribution < -0.4 is 14.2 Å². The first-order chi connectivity index (χ1) is 14.9. The predicted molar refractivity (Wildman–Crippen MR) is 127 cm³/mol. The number of pyridine rings is 1. The molecule has 0 saturated heterocycles. The van der Waals surface area contributed by atoms with Crippen molar-refractivity contribution in [3.05, 3.63) is 70.6 Å². The van der Waals surface area contributed by atoms with Crippen molar-refractivity contribution in [1.29, 1.82) is 0 Å². The van der Waals surface area contributed by atoms with Crippen molar-refractivity contribution in [2.24, 2.45) is 0 Å². The molecule has 1 aromatic carbocycles. The van der Waals surface area contributed by atoms with Gasteiger partial charge in [-0.15, -0.1) is 0 Å². The number of ether oxygens (including phenoxy) is 2. The number of halogens is 1. The quantitative estimate of drug-likeness (QED) is 0.379. The second-order valence-electron chi connectivity index (χ2n) is 7.48. The molecule has 0 aliphatic rings. The van der Waals surface area contributed by atoms with E-state index >= 15 is 0 Å². The van der Waals surface area contributed by atoms with Crippen molar-refractivity contribution in [2.45, 2.75) is 39.2 Å². The minimum atomic E-state index is -0.274. The molecule has 0 bridgehead atoms. The van der Waals surface area contributed by atoms with Gasteiger partial charge in [-0.2, -0.15) is 0 Å². The van der Waals surface area contributed by atoms with Gasteiger partial charge in [-0.3, -0.25) is 4.72 Å². The molecule has 8 heteroatoms. The Labute approximate surface area is 192 Å². The SMILES string of the molecule is CCCOc1ncc(C(C)(C)c2ccc(OCc3ccnc(NSC)n3)cc2)cc1Cl. The van der Waals surface area contributed by atoms with Gasteiger partial charge in [-0.05, 0) is 41.8 Å². The van der Waals surface area contributed by atoms with Crippen LogP contribution in [0.3, 0.4) is 0 Å². The zero-order chi connectivity index (χ0) is 22.3. The number of benzene rings is 1. The Kier molecular flexibility index (Phi) is 7.98. The topological polar surface area (TPSA) is 69.2 Å². The number of hydrogen-bond donors (Lipinski definition) is 1. The molecule has 0 atom stereocenters. The van der Waals surface area contributed by atoms with Crippen molar-refractivity contribution in [3.63, 3.8) is 0 Å². The molecular weight excluding hydrogens is 432 g/mol. The van der Waals surface area contributed by atoms with E-state index in [1.807, 2.05) is 43.6 Å². The smallest absolute Gasteiger partial charge is 0.233 e. The normalized spacial score (nSPS) is 11.3. The summed E-state index contributed by atoms with van der Waals surface area (Å²) >= 11 is 7.84. The first kappa shape index (κ1) is 23.2. The number of hydrogen-bond acceptors (Lipinski definition) is 7. The molecule has 0 radical (unpaired) electrons. The fraction of sp³-hybridized carbons (Fsp3) is 0.348. The summed E-state index contributed by atoms with van der Waals surface area (Å²) in [4.78, 5) is 13.0. The molecule has 0 aliphatic heterocycles. The van der Waals surface area contributed by atoms with Crippen LogP contribution in [0, 0.1) is 0 Å². The van der Waals surface area contributed by atoms with Gasteiger partial charge < -0.3 is 9.47 Å². The Morgan fingerprint density at radius 2 is 1.84 bits per heavy atom. The third kappa shape index (κ3) is 6.02. The van der Waals surface area contributed by atoms with Crippen LogP contribution in [0.4, 0.5) is 5.95 Å². The Balaban J connectivity index is 1.68. The van der Waals surface area contributed by atoms with E-state index in [2.05, 4.69) is 45.7 Å². The Bertz CT molecular complexity index is 999. The molecule has 3 aromatic rings. The lowest BCUT2D eigenvalue weighted by atomic mass is 9.79. The van der Waals surface area contributed by atoms with E-state index in [0.717, 1.165) is 29.0 Å². The van der Waals surface area contributed by atoms with Crippen LogP contribution in [-0.2, 0) is 12.0 Å². The van der Waals surface area contributed by atoms with E-state index in [1.165, 1.54) is 11.9 Å². The van der Waals surface area contributed by atoms with Crippen LogP contribution in [0.25, 0.3) is 0 Å². The van der Waals surface area contributed by atoms with Gasteiger partial charge >= 0.3 is 0 Å².